The molecule has 0 aromatic heterocycles. The Hall–Kier alpha value is -2.27. The fourth-order valence-corrected chi connectivity index (χ4v) is 3.20. The zero-order valence-electron chi connectivity index (χ0n) is 14.7. The Morgan fingerprint density at radius 2 is 1.96 bits per heavy atom. The molecule has 2 aromatic carbocycles. The Kier molecular flexibility index (Phi) is 6.34. The summed E-state index contributed by atoms with van der Waals surface area (Å²) in [5, 5.41) is 0. The lowest BCUT2D eigenvalue weighted by molar-refractivity contribution is -0.135. The summed E-state index contributed by atoms with van der Waals surface area (Å²) in [6.45, 7) is 1.34. The van der Waals surface area contributed by atoms with Crippen molar-refractivity contribution in [2.75, 3.05) is 13.1 Å². The van der Waals surface area contributed by atoms with Gasteiger partial charge in [0.1, 0.15) is 11.6 Å². The number of benzene rings is 2. The fraction of sp³-hybridized carbons (Fsp3) is 0.381. The number of carbonyl (C=O) groups is 1. The van der Waals surface area contributed by atoms with Crippen molar-refractivity contribution in [2.45, 2.75) is 38.4 Å². The lowest BCUT2D eigenvalue weighted by atomic mass is 10.1. The smallest absolute Gasteiger partial charge is 0.222 e. The zero-order valence-corrected chi connectivity index (χ0v) is 14.7. The van der Waals surface area contributed by atoms with Gasteiger partial charge >= 0.3 is 0 Å². The molecule has 0 saturated carbocycles. The maximum atomic E-state index is 13.7. The van der Waals surface area contributed by atoms with Crippen molar-refractivity contribution >= 4 is 5.91 Å². The highest BCUT2D eigenvalue weighted by molar-refractivity contribution is 5.76. The Bertz CT molecular complexity index is 736. The molecule has 1 heterocycles. The maximum Gasteiger partial charge on any atom is 0.222 e. The Balaban J connectivity index is 1.48. The second kappa shape index (κ2) is 8.90. The van der Waals surface area contributed by atoms with Crippen LogP contribution in [0.4, 0.5) is 8.78 Å². The molecule has 1 fully saturated rings. The third kappa shape index (κ3) is 5.11. The van der Waals surface area contributed by atoms with Crippen LogP contribution in [0.3, 0.4) is 0 Å². The molecule has 1 amide bonds. The minimum absolute atomic E-state index is 0.0861. The molecule has 138 valence electrons. The van der Waals surface area contributed by atoms with Crippen molar-refractivity contribution < 1.29 is 18.3 Å². The van der Waals surface area contributed by atoms with Crippen LogP contribution in [0.15, 0.2) is 48.5 Å². The van der Waals surface area contributed by atoms with Crippen molar-refractivity contribution in [1.82, 2.24) is 4.90 Å². The number of hydrogen-bond acceptors (Lipinski definition) is 2. The standard InChI is InChI=1S/C21H23F2NO2/c22-18-10-9-17(20(23)13-18)15-26-19-7-4-12-24(14-19)21(25)11-8-16-5-2-1-3-6-16/h1-3,5-6,9-10,13,19H,4,7-8,11-12,14-15H2. The van der Waals surface area contributed by atoms with E-state index in [1.165, 1.54) is 12.1 Å². The van der Waals surface area contributed by atoms with Crippen LogP contribution in [0.25, 0.3) is 0 Å². The Morgan fingerprint density at radius 3 is 2.73 bits per heavy atom. The lowest BCUT2D eigenvalue weighted by Gasteiger charge is -2.33. The van der Waals surface area contributed by atoms with Gasteiger partial charge in [-0.3, -0.25) is 4.79 Å². The minimum atomic E-state index is -0.600. The van der Waals surface area contributed by atoms with Gasteiger partial charge in [-0.05, 0) is 30.9 Å². The van der Waals surface area contributed by atoms with Gasteiger partial charge in [0.05, 0.1) is 12.7 Å². The zero-order chi connectivity index (χ0) is 18.4. The molecular formula is C21H23F2NO2. The fourth-order valence-electron chi connectivity index (χ4n) is 3.20. The predicted molar refractivity (Wildman–Crippen MR) is 95.5 cm³/mol. The van der Waals surface area contributed by atoms with E-state index in [-0.39, 0.29) is 18.6 Å². The number of piperidine rings is 1. The topological polar surface area (TPSA) is 29.5 Å². The molecule has 0 N–H and O–H groups in total. The second-order valence-electron chi connectivity index (χ2n) is 6.64. The first-order valence-electron chi connectivity index (χ1n) is 8.99. The van der Waals surface area contributed by atoms with E-state index in [0.29, 0.717) is 18.5 Å². The monoisotopic (exact) mass is 359 g/mol. The summed E-state index contributed by atoms with van der Waals surface area (Å²) in [6.07, 6.45) is 2.79. The third-order valence-corrected chi connectivity index (χ3v) is 4.69. The van der Waals surface area contributed by atoms with Gasteiger partial charge in [0.25, 0.3) is 0 Å². The summed E-state index contributed by atoms with van der Waals surface area (Å²) in [4.78, 5) is 14.3. The van der Waals surface area contributed by atoms with Crippen LogP contribution in [0, 0.1) is 11.6 Å². The number of nitrogens with zero attached hydrogens (tertiary/aromatic N) is 1. The molecule has 1 unspecified atom stereocenters. The molecule has 0 bridgehead atoms. The Labute approximate surface area is 152 Å². The average molecular weight is 359 g/mol. The van der Waals surface area contributed by atoms with Gasteiger partial charge in [0.15, 0.2) is 0 Å². The molecule has 1 saturated heterocycles. The van der Waals surface area contributed by atoms with E-state index >= 15 is 0 Å². The SMILES string of the molecule is O=C(CCc1ccccc1)N1CCCC(OCc2ccc(F)cc2F)C1. The van der Waals surface area contributed by atoms with Crippen LogP contribution < -0.4 is 0 Å². The average Bonchev–Trinajstić information content (AvgIpc) is 2.66. The predicted octanol–water partition coefficient (Wildman–Crippen LogP) is 4.11. The number of halogens is 2. The van der Waals surface area contributed by atoms with Crippen molar-refractivity contribution in [3.05, 3.63) is 71.3 Å². The second-order valence-corrected chi connectivity index (χ2v) is 6.64. The largest absolute Gasteiger partial charge is 0.372 e. The number of rotatable bonds is 6. The van der Waals surface area contributed by atoms with E-state index in [2.05, 4.69) is 0 Å². The minimum Gasteiger partial charge on any atom is -0.372 e. The van der Waals surface area contributed by atoms with E-state index in [1.54, 1.807) is 0 Å². The molecule has 0 spiro atoms. The molecular weight excluding hydrogens is 336 g/mol. The van der Waals surface area contributed by atoms with Gasteiger partial charge in [-0.2, -0.15) is 0 Å². The summed E-state index contributed by atoms with van der Waals surface area (Å²) in [7, 11) is 0. The number of carbonyl (C=O) groups excluding carboxylic acids is 1. The van der Waals surface area contributed by atoms with Gasteiger partial charge in [-0.1, -0.05) is 36.4 Å². The van der Waals surface area contributed by atoms with E-state index in [0.717, 1.165) is 37.4 Å². The van der Waals surface area contributed by atoms with Crippen LogP contribution in [0.1, 0.15) is 30.4 Å². The van der Waals surface area contributed by atoms with E-state index in [1.807, 2.05) is 35.2 Å². The Morgan fingerprint density at radius 1 is 1.15 bits per heavy atom. The molecule has 3 rings (SSSR count). The first-order valence-corrected chi connectivity index (χ1v) is 8.99. The molecule has 26 heavy (non-hydrogen) atoms. The van der Waals surface area contributed by atoms with Crippen LogP contribution in [0.2, 0.25) is 0 Å². The van der Waals surface area contributed by atoms with E-state index < -0.39 is 11.6 Å². The third-order valence-electron chi connectivity index (χ3n) is 4.69. The molecule has 1 aliphatic heterocycles. The molecule has 1 aliphatic rings. The normalized spacial score (nSPS) is 17.3. The van der Waals surface area contributed by atoms with Crippen LogP contribution in [-0.2, 0) is 22.6 Å². The van der Waals surface area contributed by atoms with Crippen molar-refractivity contribution in [1.29, 1.82) is 0 Å². The van der Waals surface area contributed by atoms with E-state index in [4.69, 9.17) is 4.74 Å². The molecule has 5 heteroatoms. The van der Waals surface area contributed by atoms with Crippen molar-refractivity contribution in [3.63, 3.8) is 0 Å². The number of hydrogen-bond donors (Lipinski definition) is 0. The van der Waals surface area contributed by atoms with Gasteiger partial charge in [-0.15, -0.1) is 0 Å². The van der Waals surface area contributed by atoms with E-state index in [9.17, 15) is 13.6 Å². The summed E-state index contributed by atoms with van der Waals surface area (Å²) in [5.74, 6) is -1.08. The molecule has 3 nitrogen and oxygen atoms in total. The molecule has 0 aliphatic carbocycles. The quantitative estimate of drug-likeness (QED) is 0.777. The van der Waals surface area contributed by atoms with Gasteiger partial charge < -0.3 is 9.64 Å². The maximum absolute atomic E-state index is 13.7. The van der Waals surface area contributed by atoms with Gasteiger partial charge in [0, 0.05) is 31.1 Å². The summed E-state index contributed by atoms with van der Waals surface area (Å²) in [6, 6.07) is 13.4. The summed E-state index contributed by atoms with van der Waals surface area (Å²) >= 11 is 0. The van der Waals surface area contributed by atoms with Gasteiger partial charge in [0.2, 0.25) is 5.91 Å². The number of aryl methyl sites for hydroxylation is 1. The molecule has 1 atom stereocenters. The highest BCUT2D eigenvalue weighted by Crippen LogP contribution is 2.18. The molecule has 2 aromatic rings. The van der Waals surface area contributed by atoms with Crippen LogP contribution >= 0.6 is 0 Å². The summed E-state index contributed by atoms with van der Waals surface area (Å²) in [5.41, 5.74) is 1.48. The first kappa shape index (κ1) is 18.5. The first-order chi connectivity index (χ1) is 12.6. The van der Waals surface area contributed by atoms with Crippen LogP contribution in [-0.4, -0.2) is 30.0 Å². The highest BCUT2D eigenvalue weighted by Gasteiger charge is 2.24. The van der Waals surface area contributed by atoms with Crippen LogP contribution in [0.5, 0.6) is 0 Å². The highest BCUT2D eigenvalue weighted by atomic mass is 19.1. The van der Waals surface area contributed by atoms with Crippen molar-refractivity contribution in [3.8, 4) is 0 Å². The van der Waals surface area contributed by atoms with Gasteiger partial charge in [-0.25, -0.2) is 8.78 Å². The number of ether oxygens (including phenoxy) is 1. The number of amides is 1. The van der Waals surface area contributed by atoms with Crippen molar-refractivity contribution in [2.24, 2.45) is 0 Å². The number of likely N-dealkylation sites (tertiary alicyclic amines) is 1. The lowest BCUT2D eigenvalue weighted by Crippen LogP contribution is -2.43. The summed E-state index contributed by atoms with van der Waals surface area (Å²) < 4.78 is 32.4. The molecule has 0 radical (unpaired) electrons.